The Bertz CT molecular complexity index is 3050. The van der Waals surface area contributed by atoms with Crippen LogP contribution in [0.1, 0.15) is 44.5 Å². The van der Waals surface area contributed by atoms with Gasteiger partial charge in [0.05, 0.1) is 10.8 Å². The van der Waals surface area contributed by atoms with E-state index in [4.69, 9.17) is 4.74 Å². The van der Waals surface area contributed by atoms with E-state index in [1.165, 1.54) is 88.7 Å². The van der Waals surface area contributed by atoms with Gasteiger partial charge in [0.1, 0.15) is 11.5 Å². The Morgan fingerprint density at radius 1 is 0.309 bits per heavy atom. The first kappa shape index (κ1) is 29.5. The summed E-state index contributed by atoms with van der Waals surface area (Å²) in [4.78, 5) is 0. The molecule has 9 aromatic rings. The summed E-state index contributed by atoms with van der Waals surface area (Å²) in [5.41, 5.74) is 19.5. The lowest BCUT2D eigenvalue weighted by molar-refractivity contribution is 0.438. The van der Waals surface area contributed by atoms with Crippen LogP contribution in [0, 0.1) is 0 Å². The summed E-state index contributed by atoms with van der Waals surface area (Å²) in [6.07, 6.45) is 0. The van der Waals surface area contributed by atoms with E-state index < -0.39 is 10.8 Å². The van der Waals surface area contributed by atoms with Crippen LogP contribution in [-0.4, -0.2) is 0 Å². The summed E-state index contributed by atoms with van der Waals surface area (Å²) in [7, 11) is 0. The van der Waals surface area contributed by atoms with Crippen molar-refractivity contribution in [3.63, 3.8) is 0 Å². The highest BCUT2D eigenvalue weighted by atomic mass is 16.5. The maximum Gasteiger partial charge on any atom is 0.140 e. The molecule has 1 aliphatic heterocycles. The second-order valence-corrected chi connectivity index (χ2v) is 15.4. The van der Waals surface area contributed by atoms with Crippen molar-refractivity contribution in [2.24, 2.45) is 0 Å². The molecule has 0 atom stereocenters. The van der Waals surface area contributed by atoms with Crippen LogP contribution >= 0.6 is 0 Å². The molecule has 0 amide bonds. The topological polar surface area (TPSA) is 9.23 Å². The normalized spacial score (nSPS) is 15.0. The van der Waals surface area contributed by atoms with Crippen molar-refractivity contribution in [3.8, 4) is 56.0 Å². The molecule has 9 aromatic carbocycles. The van der Waals surface area contributed by atoms with Crippen LogP contribution in [0.3, 0.4) is 0 Å². The van der Waals surface area contributed by atoms with Crippen molar-refractivity contribution in [2.45, 2.75) is 10.8 Å². The minimum absolute atomic E-state index is 0.471. The molecule has 0 fully saturated rings. The maximum absolute atomic E-state index is 7.15. The van der Waals surface area contributed by atoms with E-state index in [0.29, 0.717) is 0 Å². The largest absolute Gasteiger partial charge is 0.456 e. The minimum atomic E-state index is -0.510. The molecular formula is C54H32O. The van der Waals surface area contributed by atoms with E-state index in [9.17, 15) is 0 Å². The standard InChI is InChI=1S/C54H32O/c1-2-15-35-33(14-1)28-31-42-41-30-29-34(32-49(41)54(51(35)42)45-23-9-5-18-39(45)40-19-6-10-24-46(40)54)36-20-13-26-48-52(36)55-50-27-12-11-25-47(50)53(48)43-21-7-3-16-37(43)38-17-4-8-22-44(38)53/h1-32H. The van der Waals surface area contributed by atoms with E-state index in [2.05, 4.69) is 194 Å². The van der Waals surface area contributed by atoms with Gasteiger partial charge in [0.25, 0.3) is 0 Å². The van der Waals surface area contributed by atoms with Crippen LogP contribution in [0.25, 0.3) is 55.3 Å². The summed E-state index contributed by atoms with van der Waals surface area (Å²) >= 11 is 0. The van der Waals surface area contributed by atoms with Gasteiger partial charge in [0, 0.05) is 16.7 Å². The van der Waals surface area contributed by atoms with Crippen molar-refractivity contribution >= 4 is 10.8 Å². The molecule has 0 saturated heterocycles. The zero-order valence-corrected chi connectivity index (χ0v) is 29.9. The van der Waals surface area contributed by atoms with E-state index in [1.807, 2.05) is 0 Å². The minimum Gasteiger partial charge on any atom is -0.456 e. The summed E-state index contributed by atoms with van der Waals surface area (Å²) in [5, 5.41) is 2.57. The molecular weight excluding hydrogens is 665 g/mol. The molecule has 13 rings (SSSR count). The molecule has 1 nitrogen and oxygen atoms in total. The average Bonchev–Trinajstić information content (AvgIpc) is 3.84. The van der Waals surface area contributed by atoms with Gasteiger partial charge in [-0.15, -0.1) is 0 Å². The fourth-order valence-corrected chi connectivity index (χ4v) is 11.2. The third-order valence-corrected chi connectivity index (χ3v) is 13.2. The highest BCUT2D eigenvalue weighted by Crippen LogP contribution is 2.66. The van der Waals surface area contributed by atoms with E-state index in [-0.39, 0.29) is 0 Å². The van der Waals surface area contributed by atoms with Crippen LogP contribution in [0.15, 0.2) is 194 Å². The maximum atomic E-state index is 7.15. The van der Waals surface area contributed by atoms with E-state index in [0.717, 1.165) is 22.6 Å². The molecule has 0 unspecified atom stereocenters. The van der Waals surface area contributed by atoms with Gasteiger partial charge in [-0.3, -0.25) is 0 Å². The van der Waals surface area contributed by atoms with Gasteiger partial charge in [-0.2, -0.15) is 0 Å². The number of para-hydroxylation sites is 2. The summed E-state index contributed by atoms with van der Waals surface area (Å²) in [5.74, 6) is 1.83. The molecule has 55 heavy (non-hydrogen) atoms. The lowest BCUT2D eigenvalue weighted by Crippen LogP contribution is -2.32. The van der Waals surface area contributed by atoms with Crippen LogP contribution in [0.2, 0.25) is 0 Å². The predicted octanol–water partition coefficient (Wildman–Crippen LogP) is 13.3. The second-order valence-electron chi connectivity index (χ2n) is 15.4. The molecule has 254 valence electrons. The third-order valence-electron chi connectivity index (χ3n) is 13.2. The molecule has 1 heteroatoms. The van der Waals surface area contributed by atoms with Crippen molar-refractivity contribution in [1.29, 1.82) is 0 Å². The van der Waals surface area contributed by atoms with Crippen LogP contribution in [0.5, 0.6) is 11.5 Å². The van der Waals surface area contributed by atoms with Gasteiger partial charge in [-0.05, 0) is 95.2 Å². The molecule has 2 spiro atoms. The number of hydrogen-bond acceptors (Lipinski definition) is 1. The van der Waals surface area contributed by atoms with Gasteiger partial charge < -0.3 is 4.74 Å². The number of ether oxygens (including phenoxy) is 1. The molecule has 1 heterocycles. The quantitative estimate of drug-likeness (QED) is 0.166. The van der Waals surface area contributed by atoms with E-state index >= 15 is 0 Å². The monoisotopic (exact) mass is 696 g/mol. The lowest BCUT2D eigenvalue weighted by Gasteiger charge is -2.40. The van der Waals surface area contributed by atoms with Gasteiger partial charge in [-0.25, -0.2) is 0 Å². The SMILES string of the molecule is c1ccc2c(c1)Oc1c(-c3ccc4c(c3)C3(c5ccccc5-c5ccccc53)c3c-4ccc4ccccc34)cccc1C21c2ccccc2-c2ccccc21. The van der Waals surface area contributed by atoms with Gasteiger partial charge in [0.15, 0.2) is 0 Å². The molecule has 0 aromatic heterocycles. The second kappa shape index (κ2) is 10.4. The molecule has 4 aliphatic rings. The Morgan fingerprint density at radius 2 is 0.800 bits per heavy atom. The summed E-state index contributed by atoms with van der Waals surface area (Å²) in [6, 6.07) is 72.3. The Morgan fingerprint density at radius 3 is 1.47 bits per heavy atom. The molecule has 0 bridgehead atoms. The zero-order valence-electron chi connectivity index (χ0n) is 29.9. The highest BCUT2D eigenvalue weighted by Gasteiger charge is 2.54. The first-order valence-corrected chi connectivity index (χ1v) is 19.3. The van der Waals surface area contributed by atoms with Gasteiger partial charge >= 0.3 is 0 Å². The highest BCUT2D eigenvalue weighted by molar-refractivity contribution is 6.04. The van der Waals surface area contributed by atoms with E-state index in [1.54, 1.807) is 0 Å². The van der Waals surface area contributed by atoms with Crippen molar-refractivity contribution in [1.82, 2.24) is 0 Å². The Kier molecular flexibility index (Phi) is 5.56. The molecule has 0 N–H and O–H groups in total. The molecule has 3 aliphatic carbocycles. The number of hydrogen-bond donors (Lipinski definition) is 0. The fourth-order valence-electron chi connectivity index (χ4n) is 11.2. The first-order chi connectivity index (χ1) is 27.3. The third kappa shape index (κ3) is 3.42. The zero-order chi connectivity index (χ0) is 35.9. The number of benzene rings is 9. The Labute approximate surface area is 319 Å². The van der Waals surface area contributed by atoms with Crippen LogP contribution in [0.4, 0.5) is 0 Å². The molecule has 0 saturated carbocycles. The average molecular weight is 697 g/mol. The van der Waals surface area contributed by atoms with Gasteiger partial charge in [0.2, 0.25) is 0 Å². The lowest BCUT2D eigenvalue weighted by atomic mass is 9.65. The van der Waals surface area contributed by atoms with Crippen LogP contribution in [-0.2, 0) is 10.8 Å². The Hall–Kier alpha value is -6.96. The number of rotatable bonds is 1. The first-order valence-electron chi connectivity index (χ1n) is 19.3. The summed E-state index contributed by atoms with van der Waals surface area (Å²) in [6.45, 7) is 0. The number of fused-ring (bicyclic) bond motifs is 21. The van der Waals surface area contributed by atoms with Gasteiger partial charge in [-0.1, -0.05) is 182 Å². The smallest absolute Gasteiger partial charge is 0.140 e. The fraction of sp³-hybridized carbons (Fsp3) is 0.0370. The van der Waals surface area contributed by atoms with Crippen LogP contribution < -0.4 is 4.74 Å². The van der Waals surface area contributed by atoms with Crippen molar-refractivity contribution in [2.75, 3.05) is 0 Å². The van der Waals surface area contributed by atoms with Crippen molar-refractivity contribution in [3.05, 3.63) is 239 Å². The Balaban J connectivity index is 1.12. The van der Waals surface area contributed by atoms with Crippen molar-refractivity contribution < 1.29 is 4.74 Å². The molecule has 0 radical (unpaired) electrons. The summed E-state index contributed by atoms with van der Waals surface area (Å²) < 4.78 is 7.15. The predicted molar refractivity (Wildman–Crippen MR) is 223 cm³/mol.